The molecule has 0 radical (unpaired) electrons. The van der Waals surface area contributed by atoms with Gasteiger partial charge in [0.25, 0.3) is 5.91 Å². The number of aromatic nitrogens is 2. The van der Waals surface area contributed by atoms with Crippen molar-refractivity contribution in [3.8, 4) is 5.69 Å². The number of pyridine rings is 2. The van der Waals surface area contributed by atoms with Crippen LogP contribution in [0.2, 0.25) is 0 Å². The zero-order chi connectivity index (χ0) is 32.3. The summed E-state index contributed by atoms with van der Waals surface area (Å²) < 4.78 is 110. The molecule has 2 aromatic heterocycles. The maximum atomic E-state index is 15.1. The van der Waals surface area contributed by atoms with E-state index < -0.39 is 80.2 Å². The van der Waals surface area contributed by atoms with Crippen LogP contribution in [0.4, 0.5) is 32.2 Å². The molecule has 2 aromatic carbocycles. The first kappa shape index (κ1) is 30.9. The predicted octanol–water partition coefficient (Wildman–Crippen LogP) is 5.78. The number of anilines is 1. The van der Waals surface area contributed by atoms with E-state index in [0.717, 1.165) is 15.9 Å². The number of nitrogens with zero attached hydrogens (tertiary/aromatic N) is 4. The highest BCUT2D eigenvalue weighted by Gasteiger charge is 2.50. The molecule has 4 aromatic rings. The Bertz CT molecular complexity index is 1830. The molecule has 1 atom stereocenters. The third-order valence-electron chi connectivity index (χ3n) is 7.69. The SMILES string of the molecule is O=C(N[C@@H](C1CC1)C(F)(F)F)c1cn(-c2c(F)cc(F)cc2F)c2nc(N3CCN(Cc4ccccc4)S3(O)O)ccc2c1=O. The number of hydrogen-bond donors (Lipinski definition) is 3. The Morgan fingerprint density at radius 3 is 2.31 bits per heavy atom. The van der Waals surface area contributed by atoms with Crippen LogP contribution in [0.3, 0.4) is 0 Å². The molecular formula is C29H25F6N5O4S. The highest BCUT2D eigenvalue weighted by atomic mass is 32.3. The van der Waals surface area contributed by atoms with Crippen molar-refractivity contribution in [3.63, 3.8) is 0 Å². The van der Waals surface area contributed by atoms with E-state index in [0.29, 0.717) is 22.9 Å². The minimum Gasteiger partial charge on any atom is -0.340 e. The minimum absolute atomic E-state index is 0.0532. The summed E-state index contributed by atoms with van der Waals surface area (Å²) in [6.45, 7) is 0.408. The lowest BCUT2D eigenvalue weighted by Crippen LogP contribution is -2.48. The van der Waals surface area contributed by atoms with Gasteiger partial charge < -0.3 is 5.32 Å². The van der Waals surface area contributed by atoms with Gasteiger partial charge >= 0.3 is 6.18 Å². The molecule has 2 aliphatic rings. The van der Waals surface area contributed by atoms with Crippen molar-refractivity contribution >= 4 is 33.7 Å². The second-order valence-corrected chi connectivity index (χ2v) is 12.7. The van der Waals surface area contributed by atoms with Gasteiger partial charge in [-0.15, -0.1) is 0 Å². The van der Waals surface area contributed by atoms with E-state index in [2.05, 4.69) is 4.98 Å². The summed E-state index contributed by atoms with van der Waals surface area (Å²) in [4.78, 5) is 30.8. The van der Waals surface area contributed by atoms with Crippen LogP contribution >= 0.6 is 11.0 Å². The van der Waals surface area contributed by atoms with Gasteiger partial charge in [0.2, 0.25) is 5.43 Å². The lowest BCUT2D eigenvalue weighted by atomic mass is 10.1. The largest absolute Gasteiger partial charge is 0.408 e. The minimum atomic E-state index is -4.81. The molecule has 1 saturated carbocycles. The molecule has 16 heteroatoms. The molecule has 0 spiro atoms. The standard InChI is InChI=1S/C29H25F6N5O4S/c30-18-12-21(31)24(22(32)13-18)39-15-20(28(42)37-26(17-6-7-17)29(33,34)35)25(41)19-8-9-23(36-27(19)39)40-11-10-38(45(40,43)44)14-16-4-2-1-3-5-16/h1-5,8-9,12-13,15,17,26,43-44H,6-7,10-11,14H2,(H,37,42)/t26-/m0/s1. The summed E-state index contributed by atoms with van der Waals surface area (Å²) in [5, 5.41) is 1.41. The molecule has 0 bridgehead atoms. The smallest absolute Gasteiger partial charge is 0.340 e. The number of alkyl halides is 3. The third-order valence-corrected chi connectivity index (χ3v) is 9.65. The molecule has 3 N–H and O–H groups in total. The van der Waals surface area contributed by atoms with E-state index in [1.807, 2.05) is 5.32 Å². The molecule has 6 rings (SSSR count). The maximum absolute atomic E-state index is 15.1. The first-order valence-corrected chi connectivity index (χ1v) is 15.2. The zero-order valence-electron chi connectivity index (χ0n) is 23.1. The number of benzene rings is 2. The van der Waals surface area contributed by atoms with E-state index >= 15 is 8.78 Å². The first-order chi connectivity index (χ1) is 21.3. The van der Waals surface area contributed by atoms with E-state index in [1.54, 1.807) is 30.3 Å². The van der Waals surface area contributed by atoms with Gasteiger partial charge in [-0.2, -0.15) is 17.5 Å². The molecule has 45 heavy (non-hydrogen) atoms. The van der Waals surface area contributed by atoms with Crippen LogP contribution in [0.5, 0.6) is 0 Å². The Balaban J connectivity index is 1.46. The van der Waals surface area contributed by atoms with Crippen LogP contribution in [0, 0.1) is 23.4 Å². The van der Waals surface area contributed by atoms with E-state index in [9.17, 15) is 36.3 Å². The van der Waals surface area contributed by atoms with Crippen molar-refractivity contribution < 1.29 is 40.2 Å². The van der Waals surface area contributed by atoms with Crippen molar-refractivity contribution in [2.24, 2.45) is 5.92 Å². The molecule has 1 aliphatic carbocycles. The van der Waals surface area contributed by atoms with Crippen LogP contribution < -0.4 is 15.1 Å². The molecule has 238 valence electrons. The fourth-order valence-corrected chi connectivity index (χ4v) is 6.93. The molecule has 1 amide bonds. The van der Waals surface area contributed by atoms with Crippen LogP contribution in [0.15, 0.2) is 65.6 Å². The number of carbonyl (C=O) groups excluding carboxylic acids is 1. The Labute approximate surface area is 253 Å². The topological polar surface area (TPSA) is 111 Å². The van der Waals surface area contributed by atoms with Crippen LogP contribution in [0.1, 0.15) is 28.8 Å². The summed E-state index contributed by atoms with van der Waals surface area (Å²) in [5.74, 6) is -6.61. The number of nitrogens with one attached hydrogen (secondary N) is 1. The summed E-state index contributed by atoms with van der Waals surface area (Å²) in [6, 6.07) is 9.76. The van der Waals surface area contributed by atoms with Crippen molar-refractivity contribution in [2.45, 2.75) is 31.6 Å². The van der Waals surface area contributed by atoms with Gasteiger partial charge in [0.05, 0.1) is 11.9 Å². The average molecular weight is 654 g/mol. The summed E-state index contributed by atoms with van der Waals surface area (Å²) in [6.07, 6.45) is -3.75. The zero-order valence-corrected chi connectivity index (χ0v) is 24.0. The normalized spacial score (nSPS) is 18.3. The number of hydrogen-bond acceptors (Lipinski definition) is 7. The summed E-state index contributed by atoms with van der Waals surface area (Å²) in [7, 11) is -3.66. The molecule has 3 heterocycles. The van der Waals surface area contributed by atoms with Crippen molar-refractivity contribution in [1.82, 2.24) is 19.2 Å². The fraction of sp³-hybridized carbons (Fsp3) is 0.276. The van der Waals surface area contributed by atoms with Crippen molar-refractivity contribution in [1.29, 1.82) is 0 Å². The Hall–Kier alpha value is -4.12. The van der Waals surface area contributed by atoms with Gasteiger partial charge in [-0.05, 0) is 47.4 Å². The summed E-state index contributed by atoms with van der Waals surface area (Å²) >= 11 is 0. The van der Waals surface area contributed by atoms with Gasteiger partial charge in [-0.3, -0.25) is 23.3 Å². The number of rotatable bonds is 7. The average Bonchev–Trinajstić information content (AvgIpc) is 3.76. The number of halogens is 6. The highest BCUT2D eigenvalue weighted by Crippen LogP contribution is 2.53. The number of amides is 1. The van der Waals surface area contributed by atoms with E-state index in [1.165, 1.54) is 10.4 Å². The van der Waals surface area contributed by atoms with Gasteiger partial charge in [0.15, 0.2) is 17.3 Å². The molecule has 2 fully saturated rings. The summed E-state index contributed by atoms with van der Waals surface area (Å²) in [5.41, 5.74) is -2.59. The van der Waals surface area contributed by atoms with Gasteiger partial charge in [-0.1, -0.05) is 30.3 Å². The molecular weight excluding hydrogens is 628 g/mol. The first-order valence-electron chi connectivity index (χ1n) is 13.7. The predicted molar refractivity (Wildman–Crippen MR) is 154 cm³/mol. The molecule has 9 nitrogen and oxygen atoms in total. The lowest BCUT2D eigenvalue weighted by Gasteiger charge is -2.42. The number of fused-ring (bicyclic) bond motifs is 1. The van der Waals surface area contributed by atoms with Gasteiger partial charge in [-0.25, -0.2) is 22.5 Å². The van der Waals surface area contributed by atoms with Crippen LogP contribution in [-0.2, 0) is 6.54 Å². The second kappa shape index (κ2) is 11.3. The molecule has 1 saturated heterocycles. The van der Waals surface area contributed by atoms with E-state index in [4.69, 9.17) is 0 Å². The maximum Gasteiger partial charge on any atom is 0.408 e. The quantitative estimate of drug-likeness (QED) is 0.217. The highest BCUT2D eigenvalue weighted by molar-refractivity contribution is 8.23. The Kier molecular flexibility index (Phi) is 7.79. The molecule has 0 unspecified atom stereocenters. The lowest BCUT2D eigenvalue weighted by molar-refractivity contribution is -0.158. The second-order valence-electron chi connectivity index (χ2n) is 10.8. The fourth-order valence-electron chi connectivity index (χ4n) is 5.32. The van der Waals surface area contributed by atoms with Crippen LogP contribution in [0.25, 0.3) is 16.7 Å². The third kappa shape index (κ3) is 5.85. The van der Waals surface area contributed by atoms with E-state index in [-0.39, 0.29) is 38.3 Å². The van der Waals surface area contributed by atoms with Crippen LogP contribution in [-0.4, -0.2) is 54.2 Å². The number of carbonyl (C=O) groups is 1. The Morgan fingerprint density at radius 1 is 1.02 bits per heavy atom. The monoisotopic (exact) mass is 653 g/mol. The van der Waals surface area contributed by atoms with Gasteiger partial charge in [0, 0.05) is 31.4 Å². The van der Waals surface area contributed by atoms with Gasteiger partial charge in [0.1, 0.15) is 28.9 Å². The Morgan fingerprint density at radius 2 is 1.69 bits per heavy atom. The molecule has 1 aliphatic heterocycles. The van der Waals surface area contributed by atoms with Crippen molar-refractivity contribution in [3.05, 3.63) is 99.6 Å². The van der Waals surface area contributed by atoms with Crippen molar-refractivity contribution in [2.75, 3.05) is 17.4 Å².